The van der Waals surface area contributed by atoms with E-state index in [1.807, 2.05) is 54.6 Å². The normalized spacial score (nSPS) is 10.7. The lowest BCUT2D eigenvalue weighted by atomic mass is 10.1. The molecule has 0 spiro atoms. The zero-order valence-electron chi connectivity index (χ0n) is 13.6. The van der Waals surface area contributed by atoms with Gasteiger partial charge in [0, 0.05) is 28.2 Å². The van der Waals surface area contributed by atoms with Crippen molar-refractivity contribution in [2.75, 3.05) is 11.1 Å². The van der Waals surface area contributed by atoms with Crippen LogP contribution in [0, 0.1) is 0 Å². The van der Waals surface area contributed by atoms with Crippen LogP contribution in [0.4, 0.5) is 17.3 Å². The van der Waals surface area contributed by atoms with Gasteiger partial charge in [-0.15, -0.1) is 11.3 Å². The summed E-state index contributed by atoms with van der Waals surface area (Å²) in [5, 5.41) is 3.82. The van der Waals surface area contributed by atoms with Gasteiger partial charge >= 0.3 is 0 Å². The molecule has 0 atom stereocenters. The van der Waals surface area contributed by atoms with E-state index in [1.54, 1.807) is 11.7 Å². The summed E-state index contributed by atoms with van der Waals surface area (Å²) in [7, 11) is 0. The molecule has 0 unspecified atom stereocenters. The molecule has 0 radical (unpaired) electrons. The molecule has 0 fully saturated rings. The van der Waals surface area contributed by atoms with Gasteiger partial charge < -0.3 is 11.1 Å². The molecule has 4 rings (SSSR count). The molecule has 2 aromatic heterocycles. The Bertz CT molecular complexity index is 1060. The highest BCUT2D eigenvalue weighted by Gasteiger charge is 2.15. The van der Waals surface area contributed by atoms with Crippen LogP contribution in [0.15, 0.2) is 66.3 Å². The average molecular weight is 380 g/mol. The second-order valence-electron chi connectivity index (χ2n) is 5.52. The topological polar surface area (TPSA) is 76.7 Å². The van der Waals surface area contributed by atoms with Crippen molar-refractivity contribution in [1.29, 1.82) is 0 Å². The number of nitrogen functional groups attached to an aromatic ring is 1. The number of para-hydroxylation sites is 1. The van der Waals surface area contributed by atoms with Gasteiger partial charge in [0.15, 0.2) is 0 Å². The minimum absolute atomic E-state index is 0.491. The van der Waals surface area contributed by atoms with Crippen molar-refractivity contribution in [3.05, 3.63) is 71.3 Å². The predicted molar refractivity (Wildman–Crippen MR) is 108 cm³/mol. The van der Waals surface area contributed by atoms with Gasteiger partial charge in [0.25, 0.3) is 0 Å². The number of anilines is 3. The lowest BCUT2D eigenvalue weighted by Crippen LogP contribution is -1.98. The fourth-order valence-electron chi connectivity index (χ4n) is 2.57. The number of benzene rings is 2. The zero-order chi connectivity index (χ0) is 17.9. The van der Waals surface area contributed by atoms with Crippen LogP contribution in [0.2, 0.25) is 5.02 Å². The second kappa shape index (κ2) is 7.11. The highest BCUT2D eigenvalue weighted by atomic mass is 35.5. The average Bonchev–Trinajstić information content (AvgIpc) is 3.12. The minimum atomic E-state index is 0.491. The van der Waals surface area contributed by atoms with Crippen LogP contribution in [0.25, 0.3) is 21.8 Å². The molecule has 3 N–H and O–H groups in total. The van der Waals surface area contributed by atoms with Gasteiger partial charge in [-0.05, 0) is 30.3 Å². The van der Waals surface area contributed by atoms with Crippen LogP contribution < -0.4 is 11.1 Å². The summed E-state index contributed by atoms with van der Waals surface area (Å²) in [5.41, 5.74) is 11.9. The van der Waals surface area contributed by atoms with Crippen LogP contribution in [-0.4, -0.2) is 15.0 Å². The zero-order valence-corrected chi connectivity index (χ0v) is 15.1. The summed E-state index contributed by atoms with van der Waals surface area (Å²) in [4.78, 5) is 14.3. The van der Waals surface area contributed by atoms with E-state index >= 15 is 0 Å². The number of nitrogens with two attached hydrogens (primary N) is 1. The lowest BCUT2D eigenvalue weighted by molar-refractivity contribution is 1.17. The third-order valence-electron chi connectivity index (χ3n) is 3.75. The second-order valence-corrected chi connectivity index (χ2v) is 6.81. The van der Waals surface area contributed by atoms with Gasteiger partial charge in [0.05, 0.1) is 21.8 Å². The monoisotopic (exact) mass is 379 g/mol. The van der Waals surface area contributed by atoms with Crippen molar-refractivity contribution >= 4 is 40.3 Å². The predicted octanol–water partition coefficient (Wildman–Crippen LogP) is 5.25. The third-order valence-corrected chi connectivity index (χ3v) is 4.84. The highest BCUT2D eigenvalue weighted by molar-refractivity contribution is 7.13. The van der Waals surface area contributed by atoms with Crippen molar-refractivity contribution in [3.63, 3.8) is 0 Å². The van der Waals surface area contributed by atoms with Crippen molar-refractivity contribution in [2.24, 2.45) is 0 Å². The SMILES string of the molecule is Nc1ccccc1-c1ncsc1-c1ccnc(Nc2cccc(Cl)c2)n1. The van der Waals surface area contributed by atoms with Crippen LogP contribution >= 0.6 is 22.9 Å². The smallest absolute Gasteiger partial charge is 0.227 e. The molecule has 0 bridgehead atoms. The lowest BCUT2D eigenvalue weighted by Gasteiger charge is -2.08. The molecular weight excluding hydrogens is 366 g/mol. The maximum atomic E-state index is 6.11. The number of aromatic nitrogens is 3. The number of nitrogens with one attached hydrogen (secondary N) is 1. The molecule has 5 nitrogen and oxygen atoms in total. The molecule has 26 heavy (non-hydrogen) atoms. The number of nitrogens with zero attached hydrogens (tertiary/aromatic N) is 3. The van der Waals surface area contributed by atoms with E-state index in [-0.39, 0.29) is 0 Å². The van der Waals surface area contributed by atoms with E-state index in [2.05, 4.69) is 20.3 Å². The van der Waals surface area contributed by atoms with Gasteiger partial charge in [-0.25, -0.2) is 15.0 Å². The Hall–Kier alpha value is -2.96. The quantitative estimate of drug-likeness (QED) is 0.474. The Morgan fingerprint density at radius 1 is 1.00 bits per heavy atom. The number of hydrogen-bond donors (Lipinski definition) is 2. The highest BCUT2D eigenvalue weighted by Crippen LogP contribution is 2.36. The van der Waals surface area contributed by atoms with E-state index in [1.165, 1.54) is 11.3 Å². The Balaban J connectivity index is 1.70. The standard InChI is InChI=1S/C19H14ClN5S/c20-12-4-3-5-13(10-12)24-19-22-9-8-16(25-19)18-17(23-11-26-18)14-6-1-2-7-15(14)21/h1-11H,21H2,(H,22,24,25). The first-order chi connectivity index (χ1) is 12.7. The fraction of sp³-hybridized carbons (Fsp3) is 0. The van der Waals surface area contributed by atoms with E-state index in [0.717, 1.165) is 27.5 Å². The van der Waals surface area contributed by atoms with E-state index in [0.29, 0.717) is 16.7 Å². The van der Waals surface area contributed by atoms with E-state index in [4.69, 9.17) is 17.3 Å². The molecule has 0 aliphatic heterocycles. The largest absolute Gasteiger partial charge is 0.398 e. The number of halogens is 1. The van der Waals surface area contributed by atoms with Gasteiger partial charge in [-0.1, -0.05) is 35.9 Å². The maximum Gasteiger partial charge on any atom is 0.227 e. The summed E-state index contributed by atoms with van der Waals surface area (Å²) >= 11 is 7.55. The summed E-state index contributed by atoms with van der Waals surface area (Å²) in [6.45, 7) is 0. The molecule has 2 heterocycles. The van der Waals surface area contributed by atoms with E-state index < -0.39 is 0 Å². The van der Waals surface area contributed by atoms with Gasteiger partial charge in [0.2, 0.25) is 5.95 Å². The van der Waals surface area contributed by atoms with Crippen molar-refractivity contribution in [3.8, 4) is 21.8 Å². The third kappa shape index (κ3) is 3.37. The van der Waals surface area contributed by atoms with Gasteiger partial charge in [-0.3, -0.25) is 0 Å². The van der Waals surface area contributed by atoms with Gasteiger partial charge in [-0.2, -0.15) is 0 Å². The Morgan fingerprint density at radius 3 is 2.73 bits per heavy atom. The molecule has 0 amide bonds. The van der Waals surface area contributed by atoms with Crippen LogP contribution in [0.1, 0.15) is 0 Å². The first-order valence-corrected chi connectivity index (χ1v) is 9.11. The first kappa shape index (κ1) is 16.5. The molecule has 0 saturated heterocycles. The van der Waals surface area contributed by atoms with Crippen LogP contribution in [0.5, 0.6) is 0 Å². The maximum absolute atomic E-state index is 6.11. The summed E-state index contributed by atoms with van der Waals surface area (Å²) in [5.74, 6) is 0.491. The fourth-order valence-corrected chi connectivity index (χ4v) is 3.54. The van der Waals surface area contributed by atoms with Crippen molar-refractivity contribution in [1.82, 2.24) is 15.0 Å². The van der Waals surface area contributed by atoms with Crippen molar-refractivity contribution < 1.29 is 0 Å². The van der Waals surface area contributed by atoms with E-state index in [9.17, 15) is 0 Å². The molecule has 7 heteroatoms. The molecule has 0 aliphatic carbocycles. The Kier molecular flexibility index (Phi) is 4.51. The van der Waals surface area contributed by atoms with Crippen LogP contribution in [-0.2, 0) is 0 Å². The Labute approximate surface area is 159 Å². The summed E-state index contributed by atoms with van der Waals surface area (Å²) in [6, 6.07) is 16.9. The number of hydrogen-bond acceptors (Lipinski definition) is 6. The first-order valence-electron chi connectivity index (χ1n) is 7.85. The van der Waals surface area contributed by atoms with Crippen molar-refractivity contribution in [2.45, 2.75) is 0 Å². The van der Waals surface area contributed by atoms with Gasteiger partial charge in [0.1, 0.15) is 0 Å². The molecule has 4 aromatic rings. The summed E-state index contributed by atoms with van der Waals surface area (Å²) < 4.78 is 0. The molecule has 2 aromatic carbocycles. The Morgan fingerprint density at radius 2 is 1.88 bits per heavy atom. The molecule has 0 saturated carbocycles. The minimum Gasteiger partial charge on any atom is -0.398 e. The van der Waals surface area contributed by atoms with Crippen LogP contribution in [0.3, 0.4) is 0 Å². The number of rotatable bonds is 4. The summed E-state index contributed by atoms with van der Waals surface area (Å²) in [6.07, 6.45) is 1.72. The number of thiazole rings is 1. The molecular formula is C19H14ClN5S. The molecule has 0 aliphatic rings. The molecule has 128 valence electrons.